The summed E-state index contributed by atoms with van der Waals surface area (Å²) >= 11 is 0. The molecule has 1 fully saturated rings. The summed E-state index contributed by atoms with van der Waals surface area (Å²) in [7, 11) is 0. The monoisotopic (exact) mass is 451 g/mol. The summed E-state index contributed by atoms with van der Waals surface area (Å²) in [4.78, 5) is 8.40. The molecule has 168 valence electrons. The summed E-state index contributed by atoms with van der Waals surface area (Å²) in [5, 5.41) is 19.5. The van der Waals surface area contributed by atoms with E-state index < -0.39 is 29.3 Å². The van der Waals surface area contributed by atoms with Crippen LogP contribution < -0.4 is 5.73 Å². The van der Waals surface area contributed by atoms with Gasteiger partial charge in [0.25, 0.3) is 6.43 Å². The molecule has 4 aromatic rings. The van der Waals surface area contributed by atoms with Crippen molar-refractivity contribution in [2.45, 2.75) is 30.6 Å². The highest BCUT2D eigenvalue weighted by Crippen LogP contribution is 2.45. The molecule has 0 radical (unpaired) electrons. The van der Waals surface area contributed by atoms with Gasteiger partial charge in [-0.2, -0.15) is 0 Å². The number of halogens is 3. The maximum absolute atomic E-state index is 14.7. The van der Waals surface area contributed by atoms with Gasteiger partial charge in [-0.1, -0.05) is 42.5 Å². The normalized spacial score (nSPS) is 16.7. The van der Waals surface area contributed by atoms with E-state index in [0.29, 0.717) is 22.3 Å². The molecule has 0 atom stereocenters. The number of hydrogen-bond acceptors (Lipinski definition) is 5. The predicted molar refractivity (Wildman–Crippen MR) is 118 cm³/mol. The van der Waals surface area contributed by atoms with Crippen molar-refractivity contribution in [3.05, 3.63) is 83.9 Å². The molecule has 5 nitrogen and oxygen atoms in total. The first kappa shape index (κ1) is 21.5. The molecule has 4 N–H and O–H groups in total. The summed E-state index contributed by atoms with van der Waals surface area (Å²) < 4.78 is 41.9. The zero-order chi connectivity index (χ0) is 23.4. The molecule has 33 heavy (non-hydrogen) atoms. The zero-order valence-corrected chi connectivity index (χ0v) is 17.3. The van der Waals surface area contributed by atoms with Crippen molar-refractivity contribution < 1.29 is 23.4 Å². The third-order valence-electron chi connectivity index (χ3n) is 6.08. The van der Waals surface area contributed by atoms with E-state index in [1.54, 1.807) is 42.5 Å². The number of pyridine rings is 2. The molecule has 8 heteroatoms. The Morgan fingerprint density at radius 3 is 2.27 bits per heavy atom. The second-order valence-electron chi connectivity index (χ2n) is 8.50. The Bertz CT molecular complexity index is 1350. The van der Waals surface area contributed by atoms with Crippen molar-refractivity contribution in [3.63, 3.8) is 0 Å². The van der Waals surface area contributed by atoms with Gasteiger partial charge < -0.3 is 15.9 Å². The van der Waals surface area contributed by atoms with Gasteiger partial charge in [-0.15, -0.1) is 0 Å². The highest BCUT2D eigenvalue weighted by molar-refractivity contribution is 5.92. The Hall–Kier alpha value is -3.33. The number of alkyl halides is 2. The van der Waals surface area contributed by atoms with E-state index in [4.69, 9.17) is 5.73 Å². The minimum atomic E-state index is -2.80. The quantitative estimate of drug-likeness (QED) is 0.392. The van der Waals surface area contributed by atoms with Crippen LogP contribution in [0.4, 0.5) is 13.2 Å². The summed E-state index contributed by atoms with van der Waals surface area (Å²) in [5.74, 6) is -2.28. The highest BCUT2D eigenvalue weighted by atomic mass is 19.3. The molecule has 1 aliphatic rings. The lowest BCUT2D eigenvalue weighted by Gasteiger charge is -2.48. The van der Waals surface area contributed by atoms with Crippen molar-refractivity contribution in [2.75, 3.05) is 0 Å². The lowest BCUT2D eigenvalue weighted by Crippen LogP contribution is -2.59. The molecule has 5 rings (SSSR count). The smallest absolute Gasteiger partial charge is 0.281 e. The van der Waals surface area contributed by atoms with E-state index >= 15 is 0 Å². The lowest BCUT2D eigenvalue weighted by atomic mass is 9.68. The molecule has 0 bridgehead atoms. The Kier molecular flexibility index (Phi) is 4.97. The summed E-state index contributed by atoms with van der Waals surface area (Å²) in [6.45, 7) is 0. The third-order valence-corrected chi connectivity index (χ3v) is 6.08. The first-order valence-corrected chi connectivity index (χ1v) is 10.3. The maximum atomic E-state index is 14.7. The van der Waals surface area contributed by atoms with Gasteiger partial charge in [-0.05, 0) is 23.8 Å². The molecule has 1 aliphatic carbocycles. The molecule has 0 spiro atoms. The number of nitrogens with two attached hydrogens (primary N) is 1. The van der Waals surface area contributed by atoms with Crippen LogP contribution in [0.5, 0.6) is 0 Å². The lowest BCUT2D eigenvalue weighted by molar-refractivity contribution is -0.244. The van der Waals surface area contributed by atoms with Gasteiger partial charge in [0.1, 0.15) is 11.5 Å². The van der Waals surface area contributed by atoms with E-state index in [2.05, 4.69) is 9.97 Å². The van der Waals surface area contributed by atoms with Crippen LogP contribution in [0.15, 0.2) is 66.9 Å². The Morgan fingerprint density at radius 2 is 1.64 bits per heavy atom. The number of aromatic nitrogens is 2. The van der Waals surface area contributed by atoms with E-state index in [1.807, 2.05) is 0 Å². The van der Waals surface area contributed by atoms with Gasteiger partial charge in [0.05, 0.1) is 16.7 Å². The second kappa shape index (κ2) is 7.62. The fourth-order valence-corrected chi connectivity index (χ4v) is 4.52. The average Bonchev–Trinajstić information content (AvgIpc) is 2.77. The van der Waals surface area contributed by atoms with Crippen molar-refractivity contribution in [1.82, 2.24) is 9.97 Å². The topological polar surface area (TPSA) is 92.3 Å². The van der Waals surface area contributed by atoms with Gasteiger partial charge >= 0.3 is 0 Å². The van der Waals surface area contributed by atoms with Crippen LogP contribution in [-0.4, -0.2) is 26.0 Å². The van der Waals surface area contributed by atoms with Crippen molar-refractivity contribution in [2.24, 2.45) is 5.73 Å². The van der Waals surface area contributed by atoms with Crippen LogP contribution in [0.1, 0.15) is 30.5 Å². The fourth-order valence-electron chi connectivity index (χ4n) is 4.52. The van der Waals surface area contributed by atoms with Crippen LogP contribution in [0.3, 0.4) is 0 Å². The van der Waals surface area contributed by atoms with Crippen LogP contribution in [0.2, 0.25) is 0 Å². The standard InChI is InChI=1S/C25H20F3N3O2/c26-19-4-2-1-3-16(19)17-11-18-20(9-10-30-22(18)23(27)28)31-21(17)14-5-7-15(8-6-14)24(29)12-25(32,33)13-24/h1-11,23,32-33H,12-13,29H2. The first-order valence-electron chi connectivity index (χ1n) is 10.3. The minimum Gasteiger partial charge on any atom is -0.365 e. The number of hydrogen-bond donors (Lipinski definition) is 3. The van der Waals surface area contributed by atoms with Gasteiger partial charge in [-0.3, -0.25) is 4.98 Å². The molecule has 0 saturated heterocycles. The van der Waals surface area contributed by atoms with Gasteiger partial charge in [0.15, 0.2) is 5.79 Å². The van der Waals surface area contributed by atoms with Gasteiger partial charge in [0, 0.05) is 41.1 Å². The van der Waals surface area contributed by atoms with Gasteiger partial charge in [-0.25, -0.2) is 18.2 Å². The highest BCUT2D eigenvalue weighted by Gasteiger charge is 2.51. The van der Waals surface area contributed by atoms with Crippen molar-refractivity contribution in [1.29, 1.82) is 0 Å². The molecule has 0 amide bonds. The second-order valence-corrected chi connectivity index (χ2v) is 8.50. The van der Waals surface area contributed by atoms with Crippen LogP contribution in [0.25, 0.3) is 33.3 Å². The van der Waals surface area contributed by atoms with Crippen LogP contribution in [0, 0.1) is 5.82 Å². The summed E-state index contributed by atoms with van der Waals surface area (Å²) in [5.41, 5.74) is 7.71. The van der Waals surface area contributed by atoms with E-state index in [-0.39, 0.29) is 23.8 Å². The molecule has 2 aromatic heterocycles. The van der Waals surface area contributed by atoms with Crippen molar-refractivity contribution >= 4 is 10.9 Å². The summed E-state index contributed by atoms with van der Waals surface area (Å²) in [6, 6.07) is 16.2. The number of nitrogens with zero attached hydrogens (tertiary/aromatic N) is 2. The van der Waals surface area contributed by atoms with Crippen molar-refractivity contribution in [3.8, 4) is 22.4 Å². The largest absolute Gasteiger partial charge is 0.365 e. The average molecular weight is 451 g/mol. The number of rotatable bonds is 4. The SMILES string of the molecule is NC1(c2ccc(-c3nc4ccnc(C(F)F)c4cc3-c3ccccc3F)cc2)CC(O)(O)C1. The predicted octanol–water partition coefficient (Wildman–Crippen LogP) is 4.67. The molecular weight excluding hydrogens is 431 g/mol. The zero-order valence-electron chi connectivity index (χ0n) is 17.3. The van der Waals surface area contributed by atoms with Crippen LogP contribution in [-0.2, 0) is 5.54 Å². The number of aliphatic hydroxyl groups is 2. The fraction of sp³-hybridized carbons (Fsp3) is 0.200. The molecule has 2 heterocycles. The number of fused-ring (bicyclic) bond motifs is 1. The molecular formula is C25H20F3N3O2. The third kappa shape index (κ3) is 3.76. The first-order chi connectivity index (χ1) is 15.7. The summed E-state index contributed by atoms with van der Waals surface area (Å²) in [6.07, 6.45) is -1.51. The number of benzene rings is 2. The van der Waals surface area contributed by atoms with Crippen LogP contribution >= 0.6 is 0 Å². The molecule has 2 aromatic carbocycles. The van der Waals surface area contributed by atoms with Gasteiger partial charge in [0.2, 0.25) is 0 Å². The Labute approximate surface area is 187 Å². The van der Waals surface area contributed by atoms with E-state index in [0.717, 1.165) is 5.56 Å². The minimum absolute atomic E-state index is 0.0114. The Morgan fingerprint density at radius 1 is 0.939 bits per heavy atom. The molecule has 0 aliphatic heterocycles. The maximum Gasteiger partial charge on any atom is 0.281 e. The van der Waals surface area contributed by atoms with E-state index in [9.17, 15) is 23.4 Å². The Balaban J connectivity index is 1.67. The molecule has 1 saturated carbocycles. The molecule has 0 unspecified atom stereocenters. The van der Waals surface area contributed by atoms with E-state index in [1.165, 1.54) is 24.4 Å².